The molecule has 8 nitrogen and oxygen atoms in total. The third-order valence-corrected chi connectivity index (χ3v) is 7.24. The van der Waals surface area contributed by atoms with Gasteiger partial charge in [-0.1, -0.05) is 35.0 Å². The van der Waals surface area contributed by atoms with Crippen LogP contribution in [0.5, 0.6) is 0 Å². The summed E-state index contributed by atoms with van der Waals surface area (Å²) in [7, 11) is -3.49. The number of hydrogen-bond acceptors (Lipinski definition) is 5. The summed E-state index contributed by atoms with van der Waals surface area (Å²) in [5.74, 6) is -0.0764. The van der Waals surface area contributed by atoms with E-state index in [-0.39, 0.29) is 17.2 Å². The molecule has 2 aromatic carbocycles. The number of nitrogens with one attached hydrogen (secondary N) is 1. The molecule has 2 heterocycles. The molecular formula is C21H25N5O3S. The molecule has 1 N–H and O–H groups in total. The van der Waals surface area contributed by atoms with Crippen molar-refractivity contribution in [3.8, 4) is 0 Å². The number of aromatic nitrogens is 3. The number of fused-ring (bicyclic) bond motifs is 1. The van der Waals surface area contributed by atoms with Gasteiger partial charge in [0.15, 0.2) is 0 Å². The summed E-state index contributed by atoms with van der Waals surface area (Å²) in [6.45, 7) is 3.99. The van der Waals surface area contributed by atoms with Gasteiger partial charge in [-0.3, -0.25) is 4.79 Å². The second-order valence-corrected chi connectivity index (χ2v) is 9.52. The Kier molecular flexibility index (Phi) is 5.83. The maximum absolute atomic E-state index is 12.7. The number of nitrogens with zero attached hydrogens (tertiary/aromatic N) is 4. The quantitative estimate of drug-likeness (QED) is 0.624. The van der Waals surface area contributed by atoms with Crippen molar-refractivity contribution in [1.82, 2.24) is 24.6 Å². The molecule has 30 heavy (non-hydrogen) atoms. The minimum Gasteiger partial charge on any atom is -0.352 e. The molecular weight excluding hydrogens is 402 g/mol. The number of rotatable bonds is 7. The third-order valence-electron chi connectivity index (χ3n) is 5.35. The van der Waals surface area contributed by atoms with Crippen LogP contribution in [0.3, 0.4) is 0 Å². The van der Waals surface area contributed by atoms with Crippen molar-refractivity contribution >= 4 is 27.0 Å². The van der Waals surface area contributed by atoms with Gasteiger partial charge in [-0.25, -0.2) is 13.1 Å². The topological polar surface area (TPSA) is 97.2 Å². The zero-order valence-electron chi connectivity index (χ0n) is 16.9. The van der Waals surface area contributed by atoms with E-state index >= 15 is 0 Å². The first-order valence-corrected chi connectivity index (χ1v) is 11.5. The smallest absolute Gasteiger partial charge is 0.243 e. The Morgan fingerprint density at radius 2 is 1.83 bits per heavy atom. The number of carbonyl (C=O) groups excluding carboxylic acids is 1. The number of hydrogen-bond donors (Lipinski definition) is 1. The molecule has 0 spiro atoms. The lowest BCUT2D eigenvalue weighted by Gasteiger charge is -2.15. The van der Waals surface area contributed by atoms with E-state index in [1.807, 2.05) is 31.2 Å². The molecule has 1 amide bonds. The van der Waals surface area contributed by atoms with Crippen molar-refractivity contribution in [2.75, 3.05) is 13.1 Å². The Labute approximate surface area is 175 Å². The summed E-state index contributed by atoms with van der Waals surface area (Å²) in [4.78, 5) is 12.4. The molecule has 0 atom stereocenters. The second-order valence-electron chi connectivity index (χ2n) is 7.59. The van der Waals surface area contributed by atoms with Gasteiger partial charge in [0.2, 0.25) is 15.9 Å². The summed E-state index contributed by atoms with van der Waals surface area (Å²) < 4.78 is 28.6. The van der Waals surface area contributed by atoms with Crippen LogP contribution in [0.4, 0.5) is 0 Å². The third kappa shape index (κ3) is 4.36. The molecule has 0 bridgehead atoms. The van der Waals surface area contributed by atoms with Crippen LogP contribution in [-0.2, 0) is 27.9 Å². The van der Waals surface area contributed by atoms with Crippen LogP contribution in [0.1, 0.15) is 30.4 Å². The second kappa shape index (κ2) is 8.53. The molecule has 3 aromatic rings. The maximum atomic E-state index is 12.7. The highest BCUT2D eigenvalue weighted by Gasteiger charge is 2.27. The highest BCUT2D eigenvalue weighted by Crippen LogP contribution is 2.23. The van der Waals surface area contributed by atoms with E-state index in [9.17, 15) is 13.2 Å². The van der Waals surface area contributed by atoms with E-state index in [2.05, 4.69) is 15.6 Å². The van der Waals surface area contributed by atoms with Gasteiger partial charge >= 0.3 is 0 Å². The minimum absolute atomic E-state index is 0.0764. The summed E-state index contributed by atoms with van der Waals surface area (Å²) in [5.41, 5.74) is 3.45. The summed E-state index contributed by atoms with van der Waals surface area (Å²) in [6, 6.07) is 12.9. The predicted octanol–water partition coefficient (Wildman–Crippen LogP) is 2.23. The van der Waals surface area contributed by atoms with Crippen molar-refractivity contribution in [3.63, 3.8) is 0 Å². The Morgan fingerprint density at radius 3 is 2.57 bits per heavy atom. The van der Waals surface area contributed by atoms with E-state index in [4.69, 9.17) is 0 Å². The minimum atomic E-state index is -3.49. The fourth-order valence-electron chi connectivity index (χ4n) is 3.56. The van der Waals surface area contributed by atoms with Crippen LogP contribution < -0.4 is 5.32 Å². The van der Waals surface area contributed by atoms with Crippen LogP contribution in [-0.4, -0.2) is 46.7 Å². The fraction of sp³-hybridized carbons (Fsp3) is 0.381. The van der Waals surface area contributed by atoms with Gasteiger partial charge in [0, 0.05) is 26.1 Å². The van der Waals surface area contributed by atoms with Crippen molar-refractivity contribution in [3.05, 3.63) is 53.6 Å². The molecule has 1 saturated heterocycles. The average Bonchev–Trinajstić information content (AvgIpc) is 3.42. The lowest BCUT2D eigenvalue weighted by molar-refractivity contribution is -0.121. The molecule has 0 radical (unpaired) electrons. The molecule has 1 aliphatic rings. The SMILES string of the molecule is Cc1ccc(CNC(=O)CCn2nnc3cc(S(=O)(=O)N4CCCC4)ccc32)cc1. The molecule has 1 aliphatic heterocycles. The van der Waals surface area contributed by atoms with Crippen LogP contribution in [0.15, 0.2) is 47.4 Å². The van der Waals surface area contributed by atoms with Crippen molar-refractivity contribution in [2.24, 2.45) is 0 Å². The Bertz CT molecular complexity index is 1150. The summed E-state index contributed by atoms with van der Waals surface area (Å²) >= 11 is 0. The van der Waals surface area contributed by atoms with Crippen LogP contribution in [0, 0.1) is 6.92 Å². The number of benzene rings is 2. The molecule has 1 fully saturated rings. The fourth-order valence-corrected chi connectivity index (χ4v) is 5.10. The van der Waals surface area contributed by atoms with Gasteiger partial charge in [-0.05, 0) is 43.5 Å². The standard InChI is InChI=1S/C21H25N5O3S/c1-16-4-6-17(7-5-16)15-22-21(27)10-13-26-20-9-8-18(14-19(20)23-24-26)30(28,29)25-11-2-3-12-25/h4-9,14H,2-3,10-13,15H2,1H3,(H,22,27). The van der Waals surface area contributed by atoms with E-state index < -0.39 is 10.0 Å². The summed E-state index contributed by atoms with van der Waals surface area (Å²) in [5, 5.41) is 11.1. The largest absolute Gasteiger partial charge is 0.352 e. The summed E-state index contributed by atoms with van der Waals surface area (Å²) in [6.07, 6.45) is 2.05. The monoisotopic (exact) mass is 427 g/mol. The zero-order valence-corrected chi connectivity index (χ0v) is 17.7. The van der Waals surface area contributed by atoms with Gasteiger partial charge in [0.1, 0.15) is 5.52 Å². The van der Waals surface area contributed by atoms with Crippen molar-refractivity contribution in [1.29, 1.82) is 0 Å². The van der Waals surface area contributed by atoms with E-state index in [0.29, 0.717) is 37.2 Å². The molecule has 1 aromatic heterocycles. The molecule has 158 valence electrons. The molecule has 0 aliphatic carbocycles. The van der Waals surface area contributed by atoms with Crippen LogP contribution in [0.2, 0.25) is 0 Å². The normalized spacial score (nSPS) is 15.0. The zero-order chi connectivity index (χ0) is 21.1. The molecule has 4 rings (SSSR count). The van der Waals surface area contributed by atoms with E-state index in [0.717, 1.165) is 18.4 Å². The number of amides is 1. The van der Waals surface area contributed by atoms with Crippen LogP contribution >= 0.6 is 0 Å². The van der Waals surface area contributed by atoms with E-state index in [1.165, 1.54) is 9.87 Å². The van der Waals surface area contributed by atoms with Gasteiger partial charge < -0.3 is 5.32 Å². The maximum Gasteiger partial charge on any atom is 0.243 e. The average molecular weight is 428 g/mol. The Morgan fingerprint density at radius 1 is 1.10 bits per heavy atom. The number of carbonyl (C=O) groups is 1. The predicted molar refractivity (Wildman–Crippen MR) is 113 cm³/mol. The molecule has 0 saturated carbocycles. The van der Waals surface area contributed by atoms with Crippen molar-refractivity contribution in [2.45, 2.75) is 44.2 Å². The lowest BCUT2D eigenvalue weighted by Crippen LogP contribution is -2.27. The number of sulfonamides is 1. The first-order valence-electron chi connectivity index (χ1n) is 10.1. The first-order chi connectivity index (χ1) is 14.4. The highest BCUT2D eigenvalue weighted by atomic mass is 32.2. The Hall–Kier alpha value is -2.78. The number of aryl methyl sites for hydroxylation is 2. The van der Waals surface area contributed by atoms with Gasteiger partial charge in [-0.2, -0.15) is 4.31 Å². The molecule has 9 heteroatoms. The Balaban J connectivity index is 1.39. The van der Waals surface area contributed by atoms with Crippen LogP contribution in [0.25, 0.3) is 11.0 Å². The van der Waals surface area contributed by atoms with Gasteiger partial charge in [0.25, 0.3) is 0 Å². The van der Waals surface area contributed by atoms with E-state index in [1.54, 1.807) is 22.9 Å². The lowest BCUT2D eigenvalue weighted by atomic mass is 10.1. The molecule has 0 unspecified atom stereocenters. The first kappa shape index (κ1) is 20.5. The van der Waals surface area contributed by atoms with Gasteiger partial charge in [0.05, 0.1) is 17.0 Å². The highest BCUT2D eigenvalue weighted by molar-refractivity contribution is 7.89. The van der Waals surface area contributed by atoms with Crippen molar-refractivity contribution < 1.29 is 13.2 Å². The van der Waals surface area contributed by atoms with Gasteiger partial charge in [-0.15, -0.1) is 5.10 Å².